The van der Waals surface area contributed by atoms with Gasteiger partial charge < -0.3 is 20.6 Å². The molecule has 0 saturated carbocycles. The molecule has 0 saturated heterocycles. The minimum absolute atomic E-state index is 0.0278. The van der Waals surface area contributed by atoms with E-state index < -0.39 is 34.0 Å². The minimum Gasteiger partial charge on any atom is -0.481 e. The maximum Gasteiger partial charge on any atom is 0.303 e. The number of carbonyl (C=O) groups is 2. The van der Waals surface area contributed by atoms with Crippen LogP contribution in [0, 0.1) is 0 Å². The fourth-order valence-electron chi connectivity index (χ4n) is 2.13. The van der Waals surface area contributed by atoms with E-state index in [0.717, 1.165) is 0 Å². The molecule has 1 amide bonds. The van der Waals surface area contributed by atoms with Crippen molar-refractivity contribution in [2.45, 2.75) is 50.7 Å². The van der Waals surface area contributed by atoms with Gasteiger partial charge in [-0.3, -0.25) is 14.1 Å². The molecule has 0 aliphatic carbocycles. The zero-order valence-corrected chi connectivity index (χ0v) is 17.6. The van der Waals surface area contributed by atoms with Gasteiger partial charge in [-0.2, -0.15) is 8.42 Å². The summed E-state index contributed by atoms with van der Waals surface area (Å²) in [5, 5.41) is 30.3. The van der Waals surface area contributed by atoms with Gasteiger partial charge in [-0.1, -0.05) is 48.6 Å². The average Bonchev–Trinajstić information content (AvgIpc) is 2.62. The third-order valence-corrected chi connectivity index (χ3v) is 4.37. The predicted molar refractivity (Wildman–Crippen MR) is 113 cm³/mol. The van der Waals surface area contributed by atoms with Crippen molar-refractivity contribution in [1.82, 2.24) is 5.32 Å². The second kappa shape index (κ2) is 16.5. The van der Waals surface area contributed by atoms with Gasteiger partial charge in [0.15, 0.2) is 0 Å². The molecule has 170 valence electrons. The summed E-state index contributed by atoms with van der Waals surface area (Å²) in [5.41, 5.74) is 0. The molecule has 0 spiro atoms. The largest absolute Gasteiger partial charge is 0.481 e. The molecule has 0 aliphatic heterocycles. The third-order valence-electron chi connectivity index (χ3n) is 3.65. The van der Waals surface area contributed by atoms with Gasteiger partial charge in [0.05, 0.1) is 18.0 Å². The Balaban J connectivity index is 3.91. The second-order valence-corrected chi connectivity index (χ2v) is 8.03. The van der Waals surface area contributed by atoms with Crippen LogP contribution in [0.4, 0.5) is 0 Å². The number of amides is 1. The third kappa shape index (κ3) is 20.5. The molecule has 0 aromatic rings. The molecule has 0 unspecified atom stereocenters. The van der Waals surface area contributed by atoms with Gasteiger partial charge in [-0.15, -0.1) is 0 Å². The molecule has 9 nitrogen and oxygen atoms in total. The fraction of sp³-hybridized carbons (Fsp3) is 0.500. The zero-order valence-electron chi connectivity index (χ0n) is 16.8. The smallest absolute Gasteiger partial charge is 0.303 e. The highest BCUT2D eigenvalue weighted by Crippen LogP contribution is 2.02. The molecule has 0 fully saturated rings. The van der Waals surface area contributed by atoms with Gasteiger partial charge in [0.25, 0.3) is 10.1 Å². The number of nitrogens with one attached hydrogen (secondary N) is 1. The first-order chi connectivity index (χ1) is 14.1. The Morgan fingerprint density at radius 3 is 2.17 bits per heavy atom. The number of hydrogen-bond acceptors (Lipinski definition) is 6. The van der Waals surface area contributed by atoms with Crippen LogP contribution in [0.3, 0.4) is 0 Å². The molecule has 0 aliphatic rings. The first-order valence-electron chi connectivity index (χ1n) is 9.56. The Bertz CT molecular complexity index is 725. The van der Waals surface area contributed by atoms with Crippen LogP contribution in [0.2, 0.25) is 0 Å². The SMILES string of the molecule is O=C(O)CCC[C@H](O)\C=C/C=C/C=C/[C@H](O)C/C=C\CCC(=O)NCCS(=O)(=O)O. The summed E-state index contributed by atoms with van der Waals surface area (Å²) < 4.78 is 29.6. The maximum absolute atomic E-state index is 11.4. The van der Waals surface area contributed by atoms with E-state index in [1.54, 1.807) is 48.6 Å². The van der Waals surface area contributed by atoms with E-state index in [0.29, 0.717) is 25.7 Å². The van der Waals surface area contributed by atoms with Crippen molar-refractivity contribution in [3.05, 3.63) is 48.6 Å². The molecule has 0 radical (unpaired) electrons. The Labute approximate surface area is 177 Å². The topological polar surface area (TPSA) is 161 Å². The monoisotopic (exact) mass is 445 g/mol. The number of allylic oxidation sites excluding steroid dienone is 5. The van der Waals surface area contributed by atoms with Crippen molar-refractivity contribution in [1.29, 1.82) is 0 Å². The number of aliphatic hydroxyl groups excluding tert-OH is 2. The van der Waals surface area contributed by atoms with Crippen molar-refractivity contribution in [2.24, 2.45) is 0 Å². The Kier molecular flexibility index (Phi) is 15.3. The highest BCUT2D eigenvalue weighted by molar-refractivity contribution is 7.85. The lowest BCUT2D eigenvalue weighted by Crippen LogP contribution is -2.28. The molecule has 0 heterocycles. The molecule has 2 atom stereocenters. The number of carbonyl (C=O) groups excluding carboxylic acids is 1. The highest BCUT2D eigenvalue weighted by atomic mass is 32.2. The van der Waals surface area contributed by atoms with E-state index in [9.17, 15) is 28.2 Å². The first-order valence-corrected chi connectivity index (χ1v) is 11.2. The molecule has 30 heavy (non-hydrogen) atoms. The van der Waals surface area contributed by atoms with E-state index in [2.05, 4.69) is 5.32 Å². The van der Waals surface area contributed by atoms with Gasteiger partial charge in [0.1, 0.15) is 0 Å². The number of carboxylic acid groups (broad SMARTS) is 1. The van der Waals surface area contributed by atoms with Gasteiger partial charge in [-0.05, 0) is 25.7 Å². The van der Waals surface area contributed by atoms with Crippen molar-refractivity contribution in [2.75, 3.05) is 12.3 Å². The van der Waals surface area contributed by atoms with Crippen LogP contribution in [-0.4, -0.2) is 64.7 Å². The maximum atomic E-state index is 11.4. The molecule has 0 rings (SSSR count). The van der Waals surface area contributed by atoms with Crippen molar-refractivity contribution in [3.8, 4) is 0 Å². The Hall–Kier alpha value is -2.27. The molecular weight excluding hydrogens is 414 g/mol. The van der Waals surface area contributed by atoms with E-state index in [1.165, 1.54) is 0 Å². The number of aliphatic hydroxyl groups is 2. The lowest BCUT2D eigenvalue weighted by atomic mass is 10.1. The summed E-state index contributed by atoms with van der Waals surface area (Å²) in [5.74, 6) is -1.73. The summed E-state index contributed by atoms with van der Waals surface area (Å²) in [7, 11) is -4.08. The summed E-state index contributed by atoms with van der Waals surface area (Å²) >= 11 is 0. The van der Waals surface area contributed by atoms with Crippen LogP contribution in [0.25, 0.3) is 0 Å². The number of aliphatic carboxylic acids is 1. The number of rotatable bonds is 16. The fourth-order valence-corrected chi connectivity index (χ4v) is 2.49. The van der Waals surface area contributed by atoms with Gasteiger partial charge in [0, 0.05) is 19.4 Å². The van der Waals surface area contributed by atoms with Crippen LogP contribution in [0.15, 0.2) is 48.6 Å². The molecule has 0 aromatic heterocycles. The van der Waals surface area contributed by atoms with Crippen molar-refractivity contribution >= 4 is 22.0 Å². The van der Waals surface area contributed by atoms with Gasteiger partial charge >= 0.3 is 5.97 Å². The van der Waals surface area contributed by atoms with Crippen LogP contribution in [-0.2, 0) is 19.7 Å². The second-order valence-electron chi connectivity index (χ2n) is 6.46. The van der Waals surface area contributed by atoms with E-state index in [4.69, 9.17) is 9.66 Å². The van der Waals surface area contributed by atoms with Crippen LogP contribution < -0.4 is 5.32 Å². The van der Waals surface area contributed by atoms with Gasteiger partial charge in [0.2, 0.25) is 5.91 Å². The van der Waals surface area contributed by atoms with Crippen LogP contribution >= 0.6 is 0 Å². The predicted octanol–water partition coefficient (Wildman–Crippen LogP) is 1.36. The molecule has 5 N–H and O–H groups in total. The lowest BCUT2D eigenvalue weighted by Gasteiger charge is -2.02. The van der Waals surface area contributed by atoms with Gasteiger partial charge in [-0.25, -0.2) is 0 Å². The molecular formula is C20H31NO8S. The Morgan fingerprint density at radius 2 is 1.57 bits per heavy atom. The zero-order chi connectivity index (χ0) is 22.8. The summed E-state index contributed by atoms with van der Waals surface area (Å²) in [6, 6.07) is 0. The molecule has 0 aromatic carbocycles. The first kappa shape index (κ1) is 27.7. The lowest BCUT2D eigenvalue weighted by molar-refractivity contribution is -0.137. The quantitative estimate of drug-likeness (QED) is 0.135. The van der Waals surface area contributed by atoms with Crippen LogP contribution in [0.5, 0.6) is 0 Å². The van der Waals surface area contributed by atoms with Crippen molar-refractivity contribution in [3.63, 3.8) is 0 Å². The van der Waals surface area contributed by atoms with E-state index >= 15 is 0 Å². The normalized spacial score (nSPS) is 14.8. The van der Waals surface area contributed by atoms with E-state index in [-0.39, 0.29) is 25.3 Å². The minimum atomic E-state index is -4.08. The number of carboxylic acids is 1. The van der Waals surface area contributed by atoms with E-state index in [1.807, 2.05) is 0 Å². The molecule has 0 bridgehead atoms. The summed E-state index contributed by atoms with van der Waals surface area (Å²) in [6.07, 6.45) is 13.7. The number of hydrogen-bond donors (Lipinski definition) is 5. The average molecular weight is 446 g/mol. The summed E-state index contributed by atoms with van der Waals surface area (Å²) in [6.45, 7) is -0.142. The highest BCUT2D eigenvalue weighted by Gasteiger charge is 2.05. The molecule has 10 heteroatoms. The Morgan fingerprint density at radius 1 is 0.933 bits per heavy atom. The summed E-state index contributed by atoms with van der Waals surface area (Å²) in [4.78, 5) is 21.8. The standard InChI is InChI=1S/C20H31NO8S/c22-17(9-4-1-2-5-10-18(23)12-8-14-20(25)26)11-6-3-7-13-19(24)21-15-16-30(27,28)29/h1-6,9-10,17-18,22-23H,7-8,11-16H2,(H,21,24)(H,25,26)(H,27,28,29)/b2-1+,6-3-,9-4+,10-5-/t17-,18+/m0/s1. The van der Waals surface area contributed by atoms with Crippen LogP contribution in [0.1, 0.15) is 38.5 Å². The van der Waals surface area contributed by atoms with Crippen molar-refractivity contribution < 1.29 is 37.9 Å².